The van der Waals surface area contributed by atoms with E-state index in [-0.39, 0.29) is 4.90 Å². The van der Waals surface area contributed by atoms with Crippen LogP contribution in [0.1, 0.15) is 5.69 Å². The van der Waals surface area contributed by atoms with E-state index in [1.807, 2.05) is 12.1 Å². The number of hydrogen-bond acceptors (Lipinski definition) is 4. The standard InChI is InChI=1S/C14H19N3O4S/c1-9-13(10-6-4-5-7-12(10)17(9)3)22(20,21)16-11(8-18)14(19)15-2/h4-7,11,16,18H,8H2,1-3H3,(H,15,19)/t11-/m1/s1. The van der Waals surface area contributed by atoms with Crippen molar-refractivity contribution in [1.29, 1.82) is 0 Å². The number of para-hydroxylation sites is 1. The van der Waals surface area contributed by atoms with E-state index in [9.17, 15) is 18.3 Å². The third-order valence-electron chi connectivity index (χ3n) is 3.65. The van der Waals surface area contributed by atoms with Gasteiger partial charge in [-0.1, -0.05) is 18.2 Å². The number of carbonyl (C=O) groups is 1. The molecule has 0 spiro atoms. The number of nitrogens with one attached hydrogen (secondary N) is 2. The van der Waals surface area contributed by atoms with Crippen LogP contribution in [0.15, 0.2) is 29.2 Å². The SMILES string of the molecule is CNC(=O)[C@@H](CO)NS(=O)(=O)c1c(C)n(C)c2ccccc12. The maximum Gasteiger partial charge on any atom is 0.243 e. The van der Waals surface area contributed by atoms with Crippen LogP contribution in [0.3, 0.4) is 0 Å². The first kappa shape index (κ1) is 16.5. The van der Waals surface area contributed by atoms with Gasteiger partial charge in [0.15, 0.2) is 0 Å². The molecule has 0 radical (unpaired) electrons. The molecule has 0 fully saturated rings. The molecule has 1 aromatic carbocycles. The number of aliphatic hydroxyl groups excluding tert-OH is 1. The molecule has 0 bridgehead atoms. The fourth-order valence-electron chi connectivity index (χ4n) is 2.42. The zero-order chi connectivity index (χ0) is 16.5. The molecule has 7 nitrogen and oxygen atoms in total. The van der Waals surface area contributed by atoms with Gasteiger partial charge in [-0.15, -0.1) is 0 Å². The predicted octanol–water partition coefficient (Wildman–Crippen LogP) is -0.128. The van der Waals surface area contributed by atoms with Crippen LogP contribution in [0, 0.1) is 6.92 Å². The summed E-state index contributed by atoms with van der Waals surface area (Å²) >= 11 is 0. The smallest absolute Gasteiger partial charge is 0.243 e. The summed E-state index contributed by atoms with van der Waals surface area (Å²) in [6, 6.07) is 5.89. The molecule has 120 valence electrons. The van der Waals surface area contributed by atoms with Gasteiger partial charge in [0.05, 0.1) is 6.61 Å². The highest BCUT2D eigenvalue weighted by atomic mass is 32.2. The van der Waals surface area contributed by atoms with Crippen molar-refractivity contribution in [2.75, 3.05) is 13.7 Å². The number of aliphatic hydroxyl groups is 1. The van der Waals surface area contributed by atoms with Crippen LogP contribution in [-0.4, -0.2) is 43.7 Å². The average Bonchev–Trinajstić information content (AvgIpc) is 2.76. The quantitative estimate of drug-likeness (QED) is 0.713. The van der Waals surface area contributed by atoms with Gasteiger partial charge in [-0.3, -0.25) is 4.79 Å². The molecule has 8 heteroatoms. The lowest BCUT2D eigenvalue weighted by molar-refractivity contribution is -0.123. The van der Waals surface area contributed by atoms with Gasteiger partial charge in [0.25, 0.3) is 0 Å². The Morgan fingerprint density at radius 1 is 1.36 bits per heavy atom. The molecular weight excluding hydrogens is 306 g/mol. The highest BCUT2D eigenvalue weighted by Gasteiger charge is 2.29. The van der Waals surface area contributed by atoms with Gasteiger partial charge in [0, 0.05) is 30.7 Å². The first-order valence-electron chi connectivity index (χ1n) is 6.72. The number of sulfonamides is 1. The Balaban J connectivity index is 2.55. The summed E-state index contributed by atoms with van der Waals surface area (Å²) in [6.45, 7) is 1.07. The van der Waals surface area contributed by atoms with E-state index in [0.29, 0.717) is 11.1 Å². The Kier molecular flexibility index (Phi) is 4.55. The first-order chi connectivity index (χ1) is 10.3. The van der Waals surface area contributed by atoms with E-state index < -0.39 is 28.6 Å². The summed E-state index contributed by atoms with van der Waals surface area (Å²) in [7, 11) is -0.801. The number of aryl methyl sites for hydroxylation is 1. The Labute approximate surface area is 129 Å². The second-order valence-electron chi connectivity index (χ2n) is 4.96. The lowest BCUT2D eigenvalue weighted by Crippen LogP contribution is -2.47. The van der Waals surface area contributed by atoms with Crippen LogP contribution in [0.4, 0.5) is 0 Å². The molecule has 1 aromatic heterocycles. The van der Waals surface area contributed by atoms with Crippen LogP contribution in [0.2, 0.25) is 0 Å². The van der Waals surface area contributed by atoms with Crippen molar-refractivity contribution in [2.45, 2.75) is 17.9 Å². The lowest BCUT2D eigenvalue weighted by Gasteiger charge is -2.15. The molecule has 1 atom stereocenters. The molecule has 0 aliphatic carbocycles. The van der Waals surface area contributed by atoms with Gasteiger partial charge in [0.2, 0.25) is 15.9 Å². The van der Waals surface area contributed by atoms with Crippen LogP contribution < -0.4 is 10.0 Å². The average molecular weight is 325 g/mol. The molecule has 2 aromatic rings. The molecular formula is C14H19N3O4S. The van der Waals surface area contributed by atoms with Crippen molar-refractivity contribution in [3.63, 3.8) is 0 Å². The molecule has 0 unspecified atom stereocenters. The normalized spacial score (nSPS) is 13.3. The second kappa shape index (κ2) is 6.07. The van der Waals surface area contributed by atoms with E-state index in [1.165, 1.54) is 7.05 Å². The van der Waals surface area contributed by atoms with Gasteiger partial charge < -0.3 is 15.0 Å². The summed E-state index contributed by atoms with van der Waals surface area (Å²) in [5, 5.41) is 12.1. The van der Waals surface area contributed by atoms with E-state index in [2.05, 4.69) is 10.0 Å². The van der Waals surface area contributed by atoms with Crippen molar-refractivity contribution in [3.05, 3.63) is 30.0 Å². The number of amides is 1. The summed E-state index contributed by atoms with van der Waals surface area (Å²) in [4.78, 5) is 11.7. The lowest BCUT2D eigenvalue weighted by atomic mass is 10.2. The molecule has 2 rings (SSSR count). The van der Waals surface area contributed by atoms with Gasteiger partial charge in [-0.05, 0) is 13.0 Å². The van der Waals surface area contributed by atoms with Crippen LogP contribution in [-0.2, 0) is 21.9 Å². The van der Waals surface area contributed by atoms with Crippen LogP contribution in [0.25, 0.3) is 10.9 Å². The molecule has 0 aliphatic rings. The minimum absolute atomic E-state index is 0.118. The summed E-state index contributed by atoms with van der Waals surface area (Å²) in [5.41, 5.74) is 1.34. The van der Waals surface area contributed by atoms with E-state index in [4.69, 9.17) is 0 Å². The van der Waals surface area contributed by atoms with Crippen molar-refractivity contribution >= 4 is 26.8 Å². The fraction of sp³-hybridized carbons (Fsp3) is 0.357. The number of carbonyl (C=O) groups excluding carboxylic acids is 1. The largest absolute Gasteiger partial charge is 0.394 e. The summed E-state index contributed by atoms with van der Waals surface area (Å²) in [6.07, 6.45) is 0. The molecule has 1 amide bonds. The van der Waals surface area contributed by atoms with E-state index >= 15 is 0 Å². The minimum atomic E-state index is -3.95. The second-order valence-corrected chi connectivity index (χ2v) is 6.61. The Bertz CT molecular complexity index is 811. The monoisotopic (exact) mass is 325 g/mol. The van der Waals surface area contributed by atoms with Crippen molar-refractivity contribution in [1.82, 2.24) is 14.6 Å². The van der Waals surface area contributed by atoms with Crippen molar-refractivity contribution < 1.29 is 18.3 Å². The molecule has 0 aliphatic heterocycles. The highest BCUT2D eigenvalue weighted by molar-refractivity contribution is 7.89. The Hall–Kier alpha value is -1.90. The van der Waals surface area contributed by atoms with E-state index in [0.717, 1.165) is 5.52 Å². The zero-order valence-corrected chi connectivity index (χ0v) is 13.4. The van der Waals surface area contributed by atoms with E-state index in [1.54, 1.807) is 30.7 Å². The fourth-order valence-corrected chi connectivity index (χ4v) is 4.08. The number of likely N-dealkylation sites (N-methyl/N-ethyl adjacent to an activating group) is 1. The molecule has 1 heterocycles. The number of nitrogens with zero attached hydrogens (tertiary/aromatic N) is 1. The number of aromatic nitrogens is 1. The van der Waals surface area contributed by atoms with Crippen LogP contribution in [0.5, 0.6) is 0 Å². The Morgan fingerprint density at radius 3 is 2.59 bits per heavy atom. The maximum absolute atomic E-state index is 12.7. The summed E-state index contributed by atoms with van der Waals surface area (Å²) in [5.74, 6) is -0.594. The van der Waals surface area contributed by atoms with Gasteiger partial charge >= 0.3 is 0 Å². The minimum Gasteiger partial charge on any atom is -0.394 e. The molecule has 22 heavy (non-hydrogen) atoms. The van der Waals surface area contributed by atoms with Gasteiger partial charge in [0.1, 0.15) is 10.9 Å². The zero-order valence-electron chi connectivity index (χ0n) is 12.6. The number of hydrogen-bond donors (Lipinski definition) is 3. The molecule has 0 saturated heterocycles. The Morgan fingerprint density at radius 2 is 2.00 bits per heavy atom. The third kappa shape index (κ3) is 2.72. The topological polar surface area (TPSA) is 100 Å². The maximum atomic E-state index is 12.7. The predicted molar refractivity (Wildman–Crippen MR) is 82.9 cm³/mol. The molecule has 0 saturated carbocycles. The van der Waals surface area contributed by atoms with Crippen molar-refractivity contribution in [2.24, 2.45) is 7.05 Å². The van der Waals surface area contributed by atoms with Crippen LogP contribution >= 0.6 is 0 Å². The summed E-state index contributed by atoms with van der Waals surface area (Å²) < 4.78 is 29.3. The first-order valence-corrected chi connectivity index (χ1v) is 8.20. The van der Waals surface area contributed by atoms with Gasteiger partial charge in [-0.2, -0.15) is 4.72 Å². The number of fused-ring (bicyclic) bond motifs is 1. The third-order valence-corrected chi connectivity index (χ3v) is 5.30. The molecule has 3 N–H and O–H groups in total. The number of rotatable bonds is 5. The number of benzene rings is 1. The highest BCUT2D eigenvalue weighted by Crippen LogP contribution is 2.28. The van der Waals surface area contributed by atoms with Crippen molar-refractivity contribution in [3.8, 4) is 0 Å². The van der Waals surface area contributed by atoms with Gasteiger partial charge in [-0.25, -0.2) is 8.42 Å².